The highest BCUT2D eigenvalue weighted by atomic mass is 35.5. The van der Waals surface area contributed by atoms with Gasteiger partial charge >= 0.3 is 0 Å². The van der Waals surface area contributed by atoms with Crippen molar-refractivity contribution in [2.75, 3.05) is 13.6 Å². The normalized spacial score (nSPS) is 12.8. The molecule has 5 nitrogen and oxygen atoms in total. The average Bonchev–Trinajstić information content (AvgIpc) is 2.57. The Labute approximate surface area is 160 Å². The van der Waals surface area contributed by atoms with E-state index in [2.05, 4.69) is 5.32 Å². The Morgan fingerprint density at radius 3 is 2.38 bits per heavy atom. The van der Waals surface area contributed by atoms with E-state index >= 15 is 0 Å². The topological polar surface area (TPSA) is 66.5 Å². The number of halogens is 1. The number of hydrogen-bond donors (Lipinski definition) is 1. The van der Waals surface area contributed by atoms with Crippen LogP contribution in [0.25, 0.3) is 0 Å². The lowest BCUT2D eigenvalue weighted by molar-refractivity contribution is -0.121. The number of carbonyl (C=O) groups excluding carboxylic acids is 1. The molecule has 0 heterocycles. The van der Waals surface area contributed by atoms with Crippen molar-refractivity contribution in [1.29, 1.82) is 0 Å². The lowest BCUT2D eigenvalue weighted by Crippen LogP contribution is -2.39. The third-order valence-electron chi connectivity index (χ3n) is 4.17. The molecule has 2 aromatic carbocycles. The Morgan fingerprint density at radius 2 is 1.77 bits per heavy atom. The summed E-state index contributed by atoms with van der Waals surface area (Å²) in [7, 11) is -2.37. The highest BCUT2D eigenvalue weighted by Gasteiger charge is 2.23. The number of nitrogens with one attached hydrogen (secondary N) is 1. The van der Waals surface area contributed by atoms with E-state index in [1.165, 1.54) is 31.3 Å². The van der Waals surface area contributed by atoms with Crippen LogP contribution < -0.4 is 5.32 Å². The molecule has 140 valence electrons. The van der Waals surface area contributed by atoms with Gasteiger partial charge in [0.25, 0.3) is 0 Å². The van der Waals surface area contributed by atoms with Crippen LogP contribution in [-0.4, -0.2) is 32.2 Å². The fourth-order valence-corrected chi connectivity index (χ4v) is 3.92. The van der Waals surface area contributed by atoms with Gasteiger partial charge in [0.05, 0.1) is 17.5 Å². The van der Waals surface area contributed by atoms with Crippen LogP contribution in [0.3, 0.4) is 0 Å². The zero-order chi connectivity index (χ0) is 19.5. The van der Waals surface area contributed by atoms with Crippen molar-refractivity contribution in [3.05, 3.63) is 64.2 Å². The number of amides is 1. The van der Waals surface area contributed by atoms with E-state index in [1.807, 2.05) is 39.0 Å². The van der Waals surface area contributed by atoms with Crippen LogP contribution in [0.1, 0.15) is 29.7 Å². The fraction of sp³-hybridized carbons (Fsp3) is 0.316. The van der Waals surface area contributed by atoms with E-state index in [0.29, 0.717) is 5.02 Å². The summed E-state index contributed by atoms with van der Waals surface area (Å²) >= 11 is 5.79. The number of sulfonamides is 1. The van der Waals surface area contributed by atoms with Crippen molar-refractivity contribution in [1.82, 2.24) is 9.62 Å². The number of rotatable bonds is 6. The summed E-state index contributed by atoms with van der Waals surface area (Å²) in [5.74, 6) is -0.363. The van der Waals surface area contributed by atoms with Crippen LogP contribution in [0.15, 0.2) is 47.4 Å². The average molecular weight is 395 g/mol. The number of likely N-dealkylation sites (N-methyl/N-ethyl adjacent to an activating group) is 1. The summed E-state index contributed by atoms with van der Waals surface area (Å²) in [4.78, 5) is 12.4. The molecule has 26 heavy (non-hydrogen) atoms. The molecule has 0 spiro atoms. The minimum absolute atomic E-state index is 0.0970. The van der Waals surface area contributed by atoms with Crippen molar-refractivity contribution in [2.45, 2.75) is 31.7 Å². The maximum atomic E-state index is 12.5. The van der Waals surface area contributed by atoms with Crippen molar-refractivity contribution in [3.8, 4) is 0 Å². The summed E-state index contributed by atoms with van der Waals surface area (Å²) in [5.41, 5.74) is 3.20. The Morgan fingerprint density at radius 1 is 1.15 bits per heavy atom. The van der Waals surface area contributed by atoms with E-state index in [4.69, 9.17) is 11.6 Å². The molecule has 7 heteroatoms. The second-order valence-corrected chi connectivity index (χ2v) is 8.85. The lowest BCUT2D eigenvalue weighted by atomic mass is 10.00. The van der Waals surface area contributed by atoms with E-state index in [9.17, 15) is 13.2 Å². The van der Waals surface area contributed by atoms with Gasteiger partial charge in [0.1, 0.15) is 0 Å². The maximum absolute atomic E-state index is 12.5. The van der Waals surface area contributed by atoms with Gasteiger partial charge in [0.15, 0.2) is 0 Å². The first-order valence-electron chi connectivity index (χ1n) is 8.19. The summed E-state index contributed by atoms with van der Waals surface area (Å²) in [6.45, 7) is 5.59. The van der Waals surface area contributed by atoms with Crippen LogP contribution in [0.4, 0.5) is 0 Å². The lowest BCUT2D eigenvalue weighted by Gasteiger charge is -2.20. The first-order chi connectivity index (χ1) is 12.1. The zero-order valence-electron chi connectivity index (χ0n) is 15.3. The highest BCUT2D eigenvalue weighted by molar-refractivity contribution is 7.89. The highest BCUT2D eigenvalue weighted by Crippen LogP contribution is 2.20. The van der Waals surface area contributed by atoms with Crippen molar-refractivity contribution in [2.24, 2.45) is 0 Å². The third kappa shape index (κ3) is 4.84. The summed E-state index contributed by atoms with van der Waals surface area (Å²) < 4.78 is 26.1. The second kappa shape index (κ2) is 8.20. The van der Waals surface area contributed by atoms with Gasteiger partial charge in [-0.25, -0.2) is 8.42 Å². The molecule has 1 N–H and O–H groups in total. The second-order valence-electron chi connectivity index (χ2n) is 6.36. The van der Waals surface area contributed by atoms with Crippen LogP contribution in [0, 0.1) is 13.8 Å². The summed E-state index contributed by atoms with van der Waals surface area (Å²) in [6.07, 6.45) is 0. The summed E-state index contributed by atoms with van der Waals surface area (Å²) in [6, 6.07) is 11.7. The monoisotopic (exact) mass is 394 g/mol. The molecule has 0 saturated carbocycles. The Kier molecular flexibility index (Phi) is 6.44. The molecule has 2 aromatic rings. The molecule has 0 aromatic heterocycles. The smallest absolute Gasteiger partial charge is 0.243 e. The van der Waals surface area contributed by atoms with E-state index < -0.39 is 10.0 Å². The number of aryl methyl sites for hydroxylation is 2. The van der Waals surface area contributed by atoms with Gasteiger partial charge in [-0.05, 0) is 56.2 Å². The molecular weight excluding hydrogens is 372 g/mol. The third-order valence-corrected chi connectivity index (χ3v) is 6.24. The standard InChI is InChI=1S/C19H23ClN2O3S/c1-13-5-6-14(2)18(11-13)15(3)21-19(23)12-22(4)26(24,25)17-9-7-16(20)8-10-17/h5-11,15H,12H2,1-4H3,(H,21,23)/t15-/m1/s1. The first-order valence-corrected chi connectivity index (χ1v) is 10.0. The maximum Gasteiger partial charge on any atom is 0.243 e. The van der Waals surface area contributed by atoms with E-state index in [1.54, 1.807) is 0 Å². The van der Waals surface area contributed by atoms with Crippen LogP contribution in [0.2, 0.25) is 5.02 Å². The molecule has 0 bridgehead atoms. The van der Waals surface area contributed by atoms with Crippen molar-refractivity contribution >= 4 is 27.5 Å². The Balaban J connectivity index is 2.06. The number of benzene rings is 2. The van der Waals surface area contributed by atoms with E-state index in [-0.39, 0.29) is 23.4 Å². The summed E-state index contributed by atoms with van der Waals surface area (Å²) in [5, 5.41) is 3.31. The van der Waals surface area contributed by atoms with Gasteiger partial charge in [-0.1, -0.05) is 35.4 Å². The van der Waals surface area contributed by atoms with Gasteiger partial charge in [0, 0.05) is 12.1 Å². The number of hydrogen-bond acceptors (Lipinski definition) is 3. The van der Waals surface area contributed by atoms with Crippen molar-refractivity contribution in [3.63, 3.8) is 0 Å². The molecule has 0 unspecified atom stereocenters. The minimum Gasteiger partial charge on any atom is -0.348 e. The predicted molar refractivity (Wildman–Crippen MR) is 104 cm³/mol. The predicted octanol–water partition coefficient (Wildman–Crippen LogP) is 3.45. The number of nitrogens with zero attached hydrogens (tertiary/aromatic N) is 1. The molecule has 0 aliphatic carbocycles. The number of carbonyl (C=O) groups is 1. The molecule has 0 saturated heterocycles. The zero-order valence-corrected chi connectivity index (χ0v) is 16.9. The van der Waals surface area contributed by atoms with Crippen LogP contribution >= 0.6 is 11.6 Å². The van der Waals surface area contributed by atoms with Gasteiger partial charge in [-0.3, -0.25) is 4.79 Å². The van der Waals surface area contributed by atoms with Gasteiger partial charge in [-0.2, -0.15) is 4.31 Å². The molecule has 0 fully saturated rings. The quantitative estimate of drug-likeness (QED) is 0.815. The van der Waals surface area contributed by atoms with E-state index in [0.717, 1.165) is 21.0 Å². The van der Waals surface area contributed by atoms with Gasteiger partial charge < -0.3 is 5.32 Å². The molecule has 1 amide bonds. The Hall–Kier alpha value is -1.89. The minimum atomic E-state index is -3.75. The largest absolute Gasteiger partial charge is 0.348 e. The molecule has 0 radical (unpaired) electrons. The van der Waals surface area contributed by atoms with Gasteiger partial charge in [0.2, 0.25) is 15.9 Å². The molecule has 0 aliphatic heterocycles. The fourth-order valence-electron chi connectivity index (χ4n) is 2.67. The molecular formula is C19H23ClN2O3S. The van der Waals surface area contributed by atoms with Crippen LogP contribution in [-0.2, 0) is 14.8 Å². The first kappa shape index (κ1) is 20.4. The van der Waals surface area contributed by atoms with Crippen molar-refractivity contribution < 1.29 is 13.2 Å². The SMILES string of the molecule is Cc1ccc(C)c([C@@H](C)NC(=O)CN(C)S(=O)(=O)c2ccc(Cl)cc2)c1. The van der Waals surface area contributed by atoms with Gasteiger partial charge in [-0.15, -0.1) is 0 Å². The van der Waals surface area contributed by atoms with Crippen LogP contribution in [0.5, 0.6) is 0 Å². The molecule has 1 atom stereocenters. The molecule has 0 aliphatic rings. The Bertz CT molecular complexity index is 896. The molecule has 2 rings (SSSR count).